The van der Waals surface area contributed by atoms with Gasteiger partial charge in [-0.05, 0) is 38.1 Å². The Hall–Kier alpha value is -0.570. The zero-order chi connectivity index (χ0) is 11.1. The van der Waals surface area contributed by atoms with Crippen LogP contribution in [0.2, 0.25) is 0 Å². The fraction of sp³-hybridized carbons (Fsp3) is 0.917. The Morgan fingerprint density at radius 2 is 2.13 bits per heavy atom. The molecule has 0 aromatic rings. The van der Waals surface area contributed by atoms with Crippen molar-refractivity contribution in [3.8, 4) is 0 Å². The molecule has 1 aliphatic heterocycles. The van der Waals surface area contributed by atoms with Gasteiger partial charge in [0.2, 0.25) is 5.91 Å². The van der Waals surface area contributed by atoms with Crippen LogP contribution in [0, 0.1) is 11.3 Å². The van der Waals surface area contributed by atoms with Gasteiger partial charge in [-0.25, -0.2) is 0 Å². The van der Waals surface area contributed by atoms with Crippen LogP contribution in [0.5, 0.6) is 0 Å². The molecule has 3 nitrogen and oxygen atoms in total. The average molecular weight is 210 g/mol. The maximum atomic E-state index is 11.9. The van der Waals surface area contributed by atoms with Gasteiger partial charge >= 0.3 is 0 Å². The number of piperidine rings is 1. The number of hydrogen-bond acceptors (Lipinski definition) is 2. The van der Waals surface area contributed by atoms with Crippen molar-refractivity contribution in [1.82, 2.24) is 10.6 Å². The topological polar surface area (TPSA) is 41.1 Å². The van der Waals surface area contributed by atoms with Crippen molar-refractivity contribution in [2.75, 3.05) is 6.54 Å². The molecule has 1 heterocycles. The van der Waals surface area contributed by atoms with Crippen molar-refractivity contribution >= 4 is 5.91 Å². The van der Waals surface area contributed by atoms with Crippen molar-refractivity contribution in [2.24, 2.45) is 11.3 Å². The third kappa shape index (κ3) is 2.33. The van der Waals surface area contributed by atoms with Crippen molar-refractivity contribution < 1.29 is 4.79 Å². The molecule has 2 N–H and O–H groups in total. The van der Waals surface area contributed by atoms with Gasteiger partial charge in [-0.1, -0.05) is 13.8 Å². The first-order chi connectivity index (χ1) is 7.00. The fourth-order valence-electron chi connectivity index (χ4n) is 2.44. The summed E-state index contributed by atoms with van der Waals surface area (Å²) >= 11 is 0. The van der Waals surface area contributed by atoms with E-state index < -0.39 is 0 Å². The standard InChI is InChI=1S/C12H22N2O/c1-8-10(5-4-6-13-8)14-11(15)9-7-12(9,2)3/h8-10,13H,4-7H2,1-3H3,(H,14,15). The molecule has 3 atom stereocenters. The minimum Gasteiger partial charge on any atom is -0.352 e. The zero-order valence-electron chi connectivity index (χ0n) is 9.97. The fourth-order valence-corrected chi connectivity index (χ4v) is 2.44. The number of amides is 1. The average Bonchev–Trinajstić information content (AvgIpc) is 2.79. The molecule has 1 saturated heterocycles. The molecular formula is C12H22N2O. The van der Waals surface area contributed by atoms with E-state index >= 15 is 0 Å². The second kappa shape index (κ2) is 3.78. The Bertz CT molecular complexity index is 262. The molecule has 3 unspecified atom stereocenters. The highest BCUT2D eigenvalue weighted by Crippen LogP contribution is 2.51. The molecule has 86 valence electrons. The molecule has 2 aliphatic rings. The molecule has 0 spiro atoms. The normalized spacial score (nSPS) is 38.5. The van der Waals surface area contributed by atoms with Crippen LogP contribution >= 0.6 is 0 Å². The van der Waals surface area contributed by atoms with E-state index in [9.17, 15) is 4.79 Å². The monoisotopic (exact) mass is 210 g/mol. The van der Waals surface area contributed by atoms with Gasteiger partial charge in [-0.15, -0.1) is 0 Å². The summed E-state index contributed by atoms with van der Waals surface area (Å²) < 4.78 is 0. The number of carbonyl (C=O) groups is 1. The number of carbonyl (C=O) groups excluding carboxylic acids is 1. The van der Waals surface area contributed by atoms with Crippen LogP contribution < -0.4 is 10.6 Å². The highest BCUT2D eigenvalue weighted by atomic mass is 16.2. The molecule has 15 heavy (non-hydrogen) atoms. The van der Waals surface area contributed by atoms with E-state index in [4.69, 9.17) is 0 Å². The van der Waals surface area contributed by atoms with E-state index in [1.165, 1.54) is 6.42 Å². The van der Waals surface area contributed by atoms with Crippen molar-refractivity contribution in [1.29, 1.82) is 0 Å². The number of rotatable bonds is 2. The van der Waals surface area contributed by atoms with E-state index in [-0.39, 0.29) is 17.2 Å². The number of nitrogens with one attached hydrogen (secondary N) is 2. The lowest BCUT2D eigenvalue weighted by molar-refractivity contribution is -0.124. The van der Waals surface area contributed by atoms with Crippen LogP contribution in [-0.4, -0.2) is 24.5 Å². The predicted molar refractivity (Wildman–Crippen MR) is 60.5 cm³/mol. The molecule has 0 aromatic heterocycles. The molecule has 0 radical (unpaired) electrons. The third-order valence-electron chi connectivity index (χ3n) is 3.92. The molecule has 0 bridgehead atoms. The van der Waals surface area contributed by atoms with Gasteiger partial charge in [0.05, 0.1) is 0 Å². The molecule has 1 amide bonds. The van der Waals surface area contributed by atoms with Crippen LogP contribution in [0.15, 0.2) is 0 Å². The summed E-state index contributed by atoms with van der Waals surface area (Å²) in [5.41, 5.74) is 0.245. The Morgan fingerprint density at radius 1 is 1.47 bits per heavy atom. The van der Waals surface area contributed by atoms with E-state index in [0.717, 1.165) is 19.4 Å². The summed E-state index contributed by atoms with van der Waals surface area (Å²) in [6.07, 6.45) is 3.34. The molecule has 1 aliphatic carbocycles. The lowest BCUT2D eigenvalue weighted by Gasteiger charge is -2.30. The molecule has 3 heteroatoms. The van der Waals surface area contributed by atoms with Gasteiger partial charge in [-0.3, -0.25) is 4.79 Å². The molecule has 2 rings (SSSR count). The van der Waals surface area contributed by atoms with Crippen molar-refractivity contribution in [2.45, 2.75) is 52.1 Å². The summed E-state index contributed by atoms with van der Waals surface area (Å²) in [5, 5.41) is 6.59. The first kappa shape index (κ1) is 10.9. The second-order valence-corrected chi connectivity index (χ2v) is 5.75. The Kier molecular flexibility index (Phi) is 2.75. The van der Waals surface area contributed by atoms with Crippen LogP contribution in [0.1, 0.15) is 40.0 Å². The maximum absolute atomic E-state index is 11.9. The van der Waals surface area contributed by atoms with Crippen LogP contribution in [0.25, 0.3) is 0 Å². The summed E-state index contributed by atoms with van der Waals surface area (Å²) in [5.74, 6) is 0.521. The first-order valence-corrected chi connectivity index (χ1v) is 6.04. The van der Waals surface area contributed by atoms with Gasteiger partial charge in [0, 0.05) is 18.0 Å². The van der Waals surface area contributed by atoms with Crippen LogP contribution in [0.3, 0.4) is 0 Å². The highest BCUT2D eigenvalue weighted by Gasteiger charge is 2.50. The smallest absolute Gasteiger partial charge is 0.223 e. The van der Waals surface area contributed by atoms with Crippen LogP contribution in [-0.2, 0) is 4.79 Å². The molecule has 2 fully saturated rings. The van der Waals surface area contributed by atoms with E-state index in [0.29, 0.717) is 12.1 Å². The van der Waals surface area contributed by atoms with E-state index in [1.54, 1.807) is 0 Å². The van der Waals surface area contributed by atoms with Crippen molar-refractivity contribution in [3.63, 3.8) is 0 Å². The second-order valence-electron chi connectivity index (χ2n) is 5.75. The third-order valence-corrected chi connectivity index (χ3v) is 3.92. The molecule has 1 saturated carbocycles. The Balaban J connectivity index is 1.83. The molecular weight excluding hydrogens is 188 g/mol. The van der Waals surface area contributed by atoms with Crippen molar-refractivity contribution in [3.05, 3.63) is 0 Å². The zero-order valence-corrected chi connectivity index (χ0v) is 9.97. The Labute approximate surface area is 92.0 Å². The summed E-state index contributed by atoms with van der Waals surface area (Å²) in [6, 6.07) is 0.757. The quantitative estimate of drug-likeness (QED) is 0.721. The van der Waals surface area contributed by atoms with E-state index in [2.05, 4.69) is 31.4 Å². The van der Waals surface area contributed by atoms with Gasteiger partial charge in [-0.2, -0.15) is 0 Å². The lowest BCUT2D eigenvalue weighted by atomic mass is 9.99. The Morgan fingerprint density at radius 3 is 2.67 bits per heavy atom. The lowest BCUT2D eigenvalue weighted by Crippen LogP contribution is -2.52. The molecule has 0 aromatic carbocycles. The van der Waals surface area contributed by atoms with Gasteiger partial charge in [0.1, 0.15) is 0 Å². The van der Waals surface area contributed by atoms with Gasteiger partial charge in [0.25, 0.3) is 0 Å². The first-order valence-electron chi connectivity index (χ1n) is 6.04. The number of hydrogen-bond donors (Lipinski definition) is 2. The SMILES string of the molecule is CC1NCCCC1NC(=O)C1CC1(C)C. The minimum atomic E-state index is 0.245. The summed E-state index contributed by atoms with van der Waals surface area (Å²) in [6.45, 7) is 7.57. The predicted octanol–water partition coefficient (Wildman–Crippen LogP) is 1.29. The van der Waals surface area contributed by atoms with E-state index in [1.807, 2.05) is 0 Å². The van der Waals surface area contributed by atoms with Gasteiger partial charge in [0.15, 0.2) is 0 Å². The highest BCUT2D eigenvalue weighted by molar-refractivity contribution is 5.82. The summed E-state index contributed by atoms with van der Waals surface area (Å²) in [4.78, 5) is 11.9. The minimum absolute atomic E-state index is 0.245. The van der Waals surface area contributed by atoms with Gasteiger partial charge < -0.3 is 10.6 Å². The maximum Gasteiger partial charge on any atom is 0.223 e. The summed E-state index contributed by atoms with van der Waals surface area (Å²) in [7, 11) is 0. The largest absolute Gasteiger partial charge is 0.352 e. The van der Waals surface area contributed by atoms with Crippen LogP contribution in [0.4, 0.5) is 0 Å².